The van der Waals surface area contributed by atoms with Crippen LogP contribution in [0, 0.1) is 0 Å². The Labute approximate surface area is 163 Å². The molecular formula is C19H17F3N4OS. The largest absolute Gasteiger partial charge is 0.416 e. The van der Waals surface area contributed by atoms with Crippen molar-refractivity contribution in [3.05, 3.63) is 53.7 Å². The molecule has 4 rings (SSSR count). The summed E-state index contributed by atoms with van der Waals surface area (Å²) in [7, 11) is 0. The van der Waals surface area contributed by atoms with Crippen molar-refractivity contribution in [3.63, 3.8) is 0 Å². The van der Waals surface area contributed by atoms with Crippen molar-refractivity contribution in [2.24, 2.45) is 0 Å². The van der Waals surface area contributed by atoms with E-state index < -0.39 is 11.7 Å². The SMILES string of the molecule is O=C(Cc1ccc(C(F)(F)F)cc1)N1CCN(c2nc3cccnc3s2)CC1. The molecule has 0 N–H and O–H groups in total. The zero-order chi connectivity index (χ0) is 19.7. The highest BCUT2D eigenvalue weighted by molar-refractivity contribution is 7.21. The average molecular weight is 406 g/mol. The molecule has 0 spiro atoms. The molecule has 1 amide bonds. The molecule has 0 bridgehead atoms. The van der Waals surface area contributed by atoms with E-state index in [-0.39, 0.29) is 12.3 Å². The topological polar surface area (TPSA) is 49.3 Å². The van der Waals surface area contributed by atoms with Crippen LogP contribution in [0.3, 0.4) is 0 Å². The lowest BCUT2D eigenvalue weighted by Gasteiger charge is -2.34. The maximum atomic E-state index is 12.6. The van der Waals surface area contributed by atoms with Crippen molar-refractivity contribution in [2.75, 3.05) is 31.1 Å². The fourth-order valence-corrected chi connectivity index (χ4v) is 4.10. The predicted molar refractivity (Wildman–Crippen MR) is 101 cm³/mol. The van der Waals surface area contributed by atoms with Gasteiger partial charge in [-0.05, 0) is 29.8 Å². The second-order valence-electron chi connectivity index (χ2n) is 6.56. The highest BCUT2D eigenvalue weighted by Crippen LogP contribution is 2.29. The zero-order valence-electron chi connectivity index (χ0n) is 14.8. The van der Waals surface area contributed by atoms with E-state index in [9.17, 15) is 18.0 Å². The number of carbonyl (C=O) groups is 1. The lowest BCUT2D eigenvalue weighted by Crippen LogP contribution is -2.49. The van der Waals surface area contributed by atoms with Crippen molar-refractivity contribution in [2.45, 2.75) is 12.6 Å². The van der Waals surface area contributed by atoms with E-state index in [1.165, 1.54) is 23.5 Å². The molecule has 1 aliphatic rings. The summed E-state index contributed by atoms with van der Waals surface area (Å²) in [4.78, 5) is 26.2. The van der Waals surface area contributed by atoms with Gasteiger partial charge in [0.15, 0.2) is 5.13 Å². The monoisotopic (exact) mass is 406 g/mol. The van der Waals surface area contributed by atoms with Crippen LogP contribution >= 0.6 is 11.3 Å². The molecule has 0 unspecified atom stereocenters. The summed E-state index contributed by atoms with van der Waals surface area (Å²) in [6.07, 6.45) is -2.53. The first-order valence-electron chi connectivity index (χ1n) is 8.80. The molecule has 1 aromatic carbocycles. The van der Waals surface area contributed by atoms with Crippen LogP contribution in [0.1, 0.15) is 11.1 Å². The second-order valence-corrected chi connectivity index (χ2v) is 7.52. The summed E-state index contributed by atoms with van der Waals surface area (Å²) < 4.78 is 37.9. The number of amides is 1. The Morgan fingerprint density at radius 3 is 2.43 bits per heavy atom. The normalized spacial score (nSPS) is 15.2. The number of fused-ring (bicyclic) bond motifs is 1. The van der Waals surface area contributed by atoms with Gasteiger partial charge < -0.3 is 9.80 Å². The Morgan fingerprint density at radius 1 is 1.07 bits per heavy atom. The minimum Gasteiger partial charge on any atom is -0.344 e. The third-order valence-corrected chi connectivity index (χ3v) is 5.73. The van der Waals surface area contributed by atoms with E-state index in [2.05, 4.69) is 14.9 Å². The number of benzene rings is 1. The third-order valence-electron chi connectivity index (χ3n) is 4.69. The first-order chi connectivity index (χ1) is 13.4. The van der Waals surface area contributed by atoms with Gasteiger partial charge in [-0.3, -0.25) is 4.79 Å². The molecule has 0 atom stereocenters. The van der Waals surface area contributed by atoms with Crippen LogP contribution in [0.5, 0.6) is 0 Å². The Bertz CT molecular complexity index is 946. The summed E-state index contributed by atoms with van der Waals surface area (Å²) in [6.45, 7) is 2.45. The Kier molecular flexibility index (Phi) is 4.92. The van der Waals surface area contributed by atoms with E-state index in [0.29, 0.717) is 31.7 Å². The average Bonchev–Trinajstić information content (AvgIpc) is 3.12. The molecule has 28 heavy (non-hydrogen) atoms. The van der Waals surface area contributed by atoms with Crippen molar-refractivity contribution < 1.29 is 18.0 Å². The maximum Gasteiger partial charge on any atom is 0.416 e. The van der Waals surface area contributed by atoms with Crippen LogP contribution in [0.15, 0.2) is 42.6 Å². The Morgan fingerprint density at radius 2 is 1.79 bits per heavy atom. The lowest BCUT2D eigenvalue weighted by molar-refractivity contribution is -0.137. The number of thiazole rings is 1. The van der Waals surface area contributed by atoms with Gasteiger partial charge in [0.1, 0.15) is 10.3 Å². The van der Waals surface area contributed by atoms with Crippen LogP contribution < -0.4 is 4.90 Å². The van der Waals surface area contributed by atoms with Gasteiger partial charge in [0.25, 0.3) is 0 Å². The number of anilines is 1. The van der Waals surface area contributed by atoms with E-state index >= 15 is 0 Å². The molecule has 0 aliphatic carbocycles. The van der Waals surface area contributed by atoms with Crippen molar-refractivity contribution in [1.29, 1.82) is 0 Å². The van der Waals surface area contributed by atoms with Crippen LogP contribution in [0.25, 0.3) is 10.3 Å². The molecule has 1 aliphatic heterocycles. The quantitative estimate of drug-likeness (QED) is 0.667. The fourth-order valence-electron chi connectivity index (χ4n) is 3.14. The molecule has 0 saturated carbocycles. The molecular weight excluding hydrogens is 389 g/mol. The number of alkyl halides is 3. The molecule has 0 radical (unpaired) electrons. The van der Waals surface area contributed by atoms with Gasteiger partial charge in [0.2, 0.25) is 5.91 Å². The predicted octanol–water partition coefficient (Wildman–Crippen LogP) is 3.60. The van der Waals surface area contributed by atoms with Crippen molar-refractivity contribution >= 4 is 32.7 Å². The number of piperazine rings is 1. The highest BCUT2D eigenvalue weighted by Gasteiger charge is 2.30. The van der Waals surface area contributed by atoms with Crippen LogP contribution in [-0.2, 0) is 17.4 Å². The molecule has 3 heterocycles. The fraction of sp³-hybridized carbons (Fsp3) is 0.316. The number of rotatable bonds is 3. The zero-order valence-corrected chi connectivity index (χ0v) is 15.6. The Hall–Kier alpha value is -2.68. The lowest BCUT2D eigenvalue weighted by atomic mass is 10.1. The minimum absolute atomic E-state index is 0.0784. The molecule has 3 aromatic rings. The van der Waals surface area contributed by atoms with Gasteiger partial charge in [-0.2, -0.15) is 13.2 Å². The maximum absolute atomic E-state index is 12.6. The number of halogens is 3. The Balaban J connectivity index is 1.35. The number of pyridine rings is 1. The number of aromatic nitrogens is 2. The van der Waals surface area contributed by atoms with Gasteiger partial charge in [-0.15, -0.1) is 0 Å². The number of carbonyl (C=O) groups excluding carboxylic acids is 1. The van der Waals surface area contributed by atoms with Crippen molar-refractivity contribution in [1.82, 2.24) is 14.9 Å². The van der Waals surface area contributed by atoms with E-state index in [4.69, 9.17) is 0 Å². The van der Waals surface area contributed by atoms with Crippen LogP contribution in [0.2, 0.25) is 0 Å². The van der Waals surface area contributed by atoms with Crippen LogP contribution in [0.4, 0.5) is 18.3 Å². The van der Waals surface area contributed by atoms with E-state index in [1.54, 1.807) is 11.1 Å². The second kappa shape index (κ2) is 7.38. The summed E-state index contributed by atoms with van der Waals surface area (Å²) in [5.41, 5.74) is 0.739. The molecule has 1 fully saturated rings. The molecule has 9 heteroatoms. The number of hydrogen-bond donors (Lipinski definition) is 0. The van der Waals surface area contributed by atoms with E-state index in [1.807, 2.05) is 12.1 Å². The summed E-state index contributed by atoms with van der Waals surface area (Å²) in [5.74, 6) is -0.0784. The van der Waals surface area contributed by atoms with Gasteiger partial charge in [0, 0.05) is 32.4 Å². The first-order valence-corrected chi connectivity index (χ1v) is 9.62. The molecule has 2 aromatic heterocycles. The van der Waals surface area contributed by atoms with Crippen molar-refractivity contribution in [3.8, 4) is 0 Å². The third kappa shape index (κ3) is 3.94. The summed E-state index contributed by atoms with van der Waals surface area (Å²) in [5, 5.41) is 0.892. The molecule has 5 nitrogen and oxygen atoms in total. The number of nitrogens with zero attached hydrogens (tertiary/aromatic N) is 4. The highest BCUT2D eigenvalue weighted by atomic mass is 32.1. The van der Waals surface area contributed by atoms with Gasteiger partial charge >= 0.3 is 6.18 Å². The number of hydrogen-bond acceptors (Lipinski definition) is 5. The minimum atomic E-state index is -4.37. The summed E-state index contributed by atoms with van der Waals surface area (Å²) >= 11 is 1.53. The van der Waals surface area contributed by atoms with Crippen LogP contribution in [-0.4, -0.2) is 47.0 Å². The standard InChI is InChI=1S/C19H17F3N4OS/c20-19(21,22)14-5-3-13(4-6-14)12-16(27)25-8-10-26(11-9-25)18-24-15-2-1-7-23-17(15)28-18/h1-7H,8-12H2. The molecule has 1 saturated heterocycles. The van der Waals surface area contributed by atoms with E-state index in [0.717, 1.165) is 27.6 Å². The molecule has 146 valence electrons. The summed E-state index contributed by atoms with van der Waals surface area (Å²) in [6, 6.07) is 8.54. The van der Waals surface area contributed by atoms with Gasteiger partial charge in [0.05, 0.1) is 12.0 Å². The van der Waals surface area contributed by atoms with Gasteiger partial charge in [-0.25, -0.2) is 9.97 Å². The first kappa shape index (κ1) is 18.7. The van der Waals surface area contributed by atoms with Gasteiger partial charge in [-0.1, -0.05) is 23.5 Å². The smallest absolute Gasteiger partial charge is 0.344 e.